The Morgan fingerprint density at radius 2 is 1.91 bits per heavy atom. The van der Waals surface area contributed by atoms with Crippen LogP contribution < -0.4 is 5.32 Å². The van der Waals surface area contributed by atoms with E-state index in [1.54, 1.807) is 11.3 Å². The number of hydrogen-bond donors (Lipinski definition) is 1. The molecule has 1 aliphatic heterocycles. The van der Waals surface area contributed by atoms with Gasteiger partial charge in [-0.2, -0.15) is 0 Å². The Balaban J connectivity index is 1.69. The van der Waals surface area contributed by atoms with Crippen LogP contribution >= 0.6 is 11.3 Å². The van der Waals surface area contributed by atoms with Gasteiger partial charge in [-0.3, -0.25) is 9.69 Å². The SMILES string of the molecule is O=C(NCC(c1cccs1)N1CCCC1)c1cc(F)cc(F)c1. The normalized spacial score (nSPS) is 16.4. The molecule has 0 bridgehead atoms. The fraction of sp³-hybridized carbons (Fsp3) is 0.353. The Morgan fingerprint density at radius 1 is 1.22 bits per heavy atom. The first-order valence-corrected chi connectivity index (χ1v) is 8.53. The number of halogens is 2. The number of carbonyl (C=O) groups excluding carboxylic acids is 1. The van der Waals surface area contributed by atoms with Crippen molar-refractivity contribution in [3.63, 3.8) is 0 Å². The zero-order valence-corrected chi connectivity index (χ0v) is 13.4. The quantitative estimate of drug-likeness (QED) is 0.905. The predicted molar refractivity (Wildman–Crippen MR) is 86.6 cm³/mol. The lowest BCUT2D eigenvalue weighted by Gasteiger charge is -2.26. The van der Waals surface area contributed by atoms with Gasteiger partial charge in [0.15, 0.2) is 0 Å². The van der Waals surface area contributed by atoms with E-state index in [1.165, 1.54) is 4.88 Å². The van der Waals surface area contributed by atoms with Crippen molar-refractivity contribution < 1.29 is 13.6 Å². The number of carbonyl (C=O) groups is 1. The van der Waals surface area contributed by atoms with E-state index < -0.39 is 17.5 Å². The molecule has 1 N–H and O–H groups in total. The number of benzene rings is 1. The molecule has 3 rings (SSSR count). The van der Waals surface area contributed by atoms with Crippen LogP contribution in [0.2, 0.25) is 0 Å². The van der Waals surface area contributed by atoms with Crippen LogP contribution in [0.15, 0.2) is 35.7 Å². The molecule has 1 atom stereocenters. The molecule has 1 aromatic carbocycles. The van der Waals surface area contributed by atoms with Gasteiger partial charge in [-0.05, 0) is 49.5 Å². The molecular formula is C17H18F2N2OS. The Labute approximate surface area is 137 Å². The van der Waals surface area contributed by atoms with Gasteiger partial charge in [-0.15, -0.1) is 11.3 Å². The molecule has 122 valence electrons. The van der Waals surface area contributed by atoms with Crippen LogP contribution in [0.25, 0.3) is 0 Å². The largest absolute Gasteiger partial charge is 0.350 e. The van der Waals surface area contributed by atoms with Crippen molar-refractivity contribution in [1.82, 2.24) is 10.2 Å². The molecular weight excluding hydrogens is 318 g/mol. The molecule has 1 aromatic heterocycles. The second-order valence-electron chi connectivity index (χ2n) is 5.64. The summed E-state index contributed by atoms with van der Waals surface area (Å²) in [4.78, 5) is 15.7. The fourth-order valence-corrected chi connectivity index (χ4v) is 3.78. The van der Waals surface area contributed by atoms with Crippen molar-refractivity contribution in [3.05, 3.63) is 57.8 Å². The summed E-state index contributed by atoms with van der Waals surface area (Å²) < 4.78 is 26.5. The summed E-state index contributed by atoms with van der Waals surface area (Å²) in [6, 6.07) is 7.02. The number of likely N-dealkylation sites (tertiary alicyclic amines) is 1. The zero-order chi connectivity index (χ0) is 16.2. The van der Waals surface area contributed by atoms with Gasteiger partial charge in [-0.1, -0.05) is 6.07 Å². The topological polar surface area (TPSA) is 32.3 Å². The molecule has 23 heavy (non-hydrogen) atoms. The molecule has 0 radical (unpaired) electrons. The maximum absolute atomic E-state index is 13.2. The number of nitrogens with zero attached hydrogens (tertiary/aromatic N) is 1. The van der Waals surface area contributed by atoms with E-state index in [1.807, 2.05) is 11.4 Å². The Morgan fingerprint density at radius 3 is 2.52 bits per heavy atom. The molecule has 0 aliphatic carbocycles. The smallest absolute Gasteiger partial charge is 0.251 e. The molecule has 1 fully saturated rings. The van der Waals surface area contributed by atoms with Crippen LogP contribution in [0.1, 0.15) is 34.1 Å². The van der Waals surface area contributed by atoms with Crippen LogP contribution in [0.3, 0.4) is 0 Å². The summed E-state index contributed by atoms with van der Waals surface area (Å²) in [5, 5.41) is 4.83. The highest BCUT2D eigenvalue weighted by Crippen LogP contribution is 2.27. The van der Waals surface area contributed by atoms with E-state index in [-0.39, 0.29) is 11.6 Å². The molecule has 0 spiro atoms. The van der Waals surface area contributed by atoms with E-state index in [0.29, 0.717) is 6.54 Å². The van der Waals surface area contributed by atoms with Gasteiger partial charge < -0.3 is 5.32 Å². The first-order valence-electron chi connectivity index (χ1n) is 7.65. The first-order chi connectivity index (χ1) is 11.1. The third-order valence-corrected chi connectivity index (χ3v) is 5.01. The lowest BCUT2D eigenvalue weighted by molar-refractivity contribution is 0.0937. The monoisotopic (exact) mass is 336 g/mol. The standard InChI is InChI=1S/C17H18F2N2OS/c18-13-8-12(9-14(19)10-13)17(22)20-11-15(16-4-3-7-23-16)21-5-1-2-6-21/h3-4,7-10,15H,1-2,5-6,11H2,(H,20,22). The maximum atomic E-state index is 13.2. The maximum Gasteiger partial charge on any atom is 0.251 e. The summed E-state index contributed by atoms with van der Waals surface area (Å²) in [6.07, 6.45) is 2.32. The summed E-state index contributed by atoms with van der Waals surface area (Å²) >= 11 is 1.66. The van der Waals surface area contributed by atoms with Gasteiger partial charge >= 0.3 is 0 Å². The van der Waals surface area contributed by atoms with Gasteiger partial charge in [0, 0.05) is 23.1 Å². The molecule has 2 heterocycles. The first kappa shape index (κ1) is 16.1. The second-order valence-corrected chi connectivity index (χ2v) is 6.62. The summed E-state index contributed by atoms with van der Waals surface area (Å²) in [7, 11) is 0. The molecule has 1 aliphatic rings. The van der Waals surface area contributed by atoms with Crippen molar-refractivity contribution in [1.29, 1.82) is 0 Å². The van der Waals surface area contributed by atoms with Crippen LogP contribution in [-0.4, -0.2) is 30.4 Å². The van der Waals surface area contributed by atoms with Crippen molar-refractivity contribution in [2.75, 3.05) is 19.6 Å². The molecule has 6 heteroatoms. The number of amides is 1. The lowest BCUT2D eigenvalue weighted by atomic mass is 10.1. The number of thiophene rings is 1. The minimum atomic E-state index is -0.746. The summed E-state index contributed by atoms with van der Waals surface area (Å²) in [5.41, 5.74) is 0.00820. The Bertz CT molecular complexity index is 649. The summed E-state index contributed by atoms with van der Waals surface area (Å²) in [6.45, 7) is 2.44. The second kappa shape index (κ2) is 7.19. The highest BCUT2D eigenvalue weighted by atomic mass is 32.1. The lowest BCUT2D eigenvalue weighted by Crippen LogP contribution is -2.36. The van der Waals surface area contributed by atoms with Crippen molar-refractivity contribution in [3.8, 4) is 0 Å². The van der Waals surface area contributed by atoms with Crippen molar-refractivity contribution in [2.24, 2.45) is 0 Å². The van der Waals surface area contributed by atoms with Crippen LogP contribution in [0, 0.1) is 11.6 Å². The van der Waals surface area contributed by atoms with Crippen LogP contribution in [0.4, 0.5) is 8.78 Å². The molecule has 2 aromatic rings. The van der Waals surface area contributed by atoms with Gasteiger partial charge in [0.25, 0.3) is 5.91 Å². The van der Waals surface area contributed by atoms with Gasteiger partial charge in [-0.25, -0.2) is 8.78 Å². The fourth-order valence-electron chi connectivity index (χ4n) is 2.92. The number of nitrogens with one attached hydrogen (secondary N) is 1. The minimum Gasteiger partial charge on any atom is -0.350 e. The molecule has 1 saturated heterocycles. The van der Waals surface area contributed by atoms with Crippen LogP contribution in [-0.2, 0) is 0 Å². The highest BCUT2D eigenvalue weighted by molar-refractivity contribution is 7.10. The molecule has 3 nitrogen and oxygen atoms in total. The molecule has 1 unspecified atom stereocenters. The van der Waals surface area contributed by atoms with E-state index in [9.17, 15) is 13.6 Å². The van der Waals surface area contributed by atoms with Gasteiger partial charge in [0.2, 0.25) is 0 Å². The zero-order valence-electron chi connectivity index (χ0n) is 12.6. The third-order valence-electron chi connectivity index (χ3n) is 4.03. The minimum absolute atomic E-state index is 0.00820. The molecule has 1 amide bonds. The van der Waals surface area contributed by atoms with E-state index in [0.717, 1.165) is 44.1 Å². The van der Waals surface area contributed by atoms with E-state index in [4.69, 9.17) is 0 Å². The van der Waals surface area contributed by atoms with Gasteiger partial charge in [0.05, 0.1) is 6.04 Å². The highest BCUT2D eigenvalue weighted by Gasteiger charge is 2.24. The Hall–Kier alpha value is -1.79. The van der Waals surface area contributed by atoms with Crippen molar-refractivity contribution in [2.45, 2.75) is 18.9 Å². The van der Waals surface area contributed by atoms with Crippen molar-refractivity contribution >= 4 is 17.2 Å². The van der Waals surface area contributed by atoms with Crippen LogP contribution in [0.5, 0.6) is 0 Å². The predicted octanol–water partition coefficient (Wildman–Crippen LogP) is 3.59. The number of rotatable bonds is 5. The van der Waals surface area contributed by atoms with E-state index >= 15 is 0 Å². The summed E-state index contributed by atoms with van der Waals surface area (Å²) in [5.74, 6) is -1.95. The third kappa shape index (κ3) is 3.95. The number of hydrogen-bond acceptors (Lipinski definition) is 3. The van der Waals surface area contributed by atoms with E-state index in [2.05, 4.69) is 16.3 Å². The Kier molecular flexibility index (Phi) is 5.03. The average Bonchev–Trinajstić information content (AvgIpc) is 3.20. The average molecular weight is 336 g/mol. The van der Waals surface area contributed by atoms with Gasteiger partial charge in [0.1, 0.15) is 11.6 Å². The molecule has 0 saturated carbocycles.